The zero-order chi connectivity index (χ0) is 13.7. The van der Waals surface area contributed by atoms with Gasteiger partial charge in [0, 0.05) is 29.2 Å². The molecule has 0 aliphatic rings. The van der Waals surface area contributed by atoms with Crippen LogP contribution in [0, 0.1) is 5.41 Å². The van der Waals surface area contributed by atoms with Crippen molar-refractivity contribution in [2.24, 2.45) is 0 Å². The van der Waals surface area contributed by atoms with E-state index in [-0.39, 0.29) is 5.71 Å². The van der Waals surface area contributed by atoms with Crippen LogP contribution < -0.4 is 10.5 Å². The van der Waals surface area contributed by atoms with Gasteiger partial charge in [0.15, 0.2) is 6.29 Å². The molecule has 1 aromatic heterocycles. The van der Waals surface area contributed by atoms with Crippen molar-refractivity contribution in [3.8, 4) is 5.75 Å². The van der Waals surface area contributed by atoms with Crippen LogP contribution in [0.4, 0.5) is 5.69 Å². The van der Waals surface area contributed by atoms with Gasteiger partial charge < -0.3 is 10.5 Å². The normalized spacial score (nSPS) is 9.89. The summed E-state index contributed by atoms with van der Waals surface area (Å²) < 4.78 is 5.57. The molecule has 5 heteroatoms. The molecule has 0 aliphatic carbocycles. The zero-order valence-corrected chi connectivity index (χ0v) is 10.2. The van der Waals surface area contributed by atoms with Crippen LogP contribution in [-0.2, 0) is 11.4 Å². The van der Waals surface area contributed by atoms with Gasteiger partial charge in [-0.3, -0.25) is 15.2 Å². The monoisotopic (exact) mass is 255 g/mol. The van der Waals surface area contributed by atoms with Crippen LogP contribution in [-0.4, -0.2) is 17.0 Å². The van der Waals surface area contributed by atoms with Gasteiger partial charge in [0.25, 0.3) is 0 Å². The van der Waals surface area contributed by atoms with Crippen molar-refractivity contribution in [3.63, 3.8) is 0 Å². The predicted octanol–water partition coefficient (Wildman–Crippen LogP) is 1.81. The van der Waals surface area contributed by atoms with Gasteiger partial charge in [0.1, 0.15) is 18.1 Å². The number of hydrogen-bond acceptors (Lipinski definition) is 5. The maximum Gasteiger partial charge on any atom is 0.168 e. The lowest BCUT2D eigenvalue weighted by molar-refractivity contribution is -0.102. The fourth-order valence-corrected chi connectivity index (χ4v) is 1.57. The van der Waals surface area contributed by atoms with Crippen molar-refractivity contribution in [2.75, 3.05) is 5.73 Å². The van der Waals surface area contributed by atoms with Crippen molar-refractivity contribution >= 4 is 17.7 Å². The Labute approximate surface area is 110 Å². The first-order valence-electron chi connectivity index (χ1n) is 5.66. The molecule has 0 radical (unpaired) electrons. The van der Waals surface area contributed by atoms with E-state index < -0.39 is 0 Å². The Morgan fingerprint density at radius 2 is 2.26 bits per heavy atom. The summed E-state index contributed by atoms with van der Waals surface area (Å²) >= 11 is 0. The molecular formula is C14H13N3O2. The first-order chi connectivity index (χ1) is 9.20. The molecule has 2 rings (SSSR count). The Bertz CT molecular complexity index is 597. The number of hydrogen-bond donors (Lipinski definition) is 2. The number of anilines is 1. The van der Waals surface area contributed by atoms with Crippen LogP contribution in [0.3, 0.4) is 0 Å². The third-order valence-corrected chi connectivity index (χ3v) is 2.56. The maximum absolute atomic E-state index is 10.6. The Morgan fingerprint density at radius 1 is 1.42 bits per heavy atom. The highest BCUT2D eigenvalue weighted by Crippen LogP contribution is 2.20. The van der Waals surface area contributed by atoms with E-state index in [0.29, 0.717) is 29.9 Å². The molecule has 0 fully saturated rings. The number of nitrogens with two attached hydrogens (primary N) is 1. The Balaban J connectivity index is 2.13. The van der Waals surface area contributed by atoms with Crippen LogP contribution in [0.2, 0.25) is 0 Å². The van der Waals surface area contributed by atoms with E-state index in [9.17, 15) is 4.79 Å². The summed E-state index contributed by atoms with van der Waals surface area (Å²) in [6.07, 6.45) is 3.86. The number of carbonyl (C=O) groups is 1. The summed E-state index contributed by atoms with van der Waals surface area (Å²) in [4.78, 5) is 14.6. The number of rotatable bonds is 5. The van der Waals surface area contributed by atoms with Gasteiger partial charge in [-0.05, 0) is 24.3 Å². The van der Waals surface area contributed by atoms with Crippen LogP contribution in [0.25, 0.3) is 0 Å². The molecule has 0 saturated carbocycles. The minimum absolute atomic E-state index is 0.163. The van der Waals surface area contributed by atoms with Crippen LogP contribution >= 0.6 is 0 Å². The van der Waals surface area contributed by atoms with Gasteiger partial charge >= 0.3 is 0 Å². The third kappa shape index (κ3) is 3.16. The lowest BCUT2D eigenvalue weighted by Crippen LogP contribution is -2.05. The highest BCUT2D eigenvalue weighted by Gasteiger charge is 2.07. The number of benzene rings is 1. The second kappa shape index (κ2) is 5.77. The fourth-order valence-electron chi connectivity index (χ4n) is 1.57. The summed E-state index contributed by atoms with van der Waals surface area (Å²) in [6.45, 7) is 0.367. The van der Waals surface area contributed by atoms with Crippen LogP contribution in [0.1, 0.15) is 11.1 Å². The minimum atomic E-state index is -0.163. The molecule has 5 nitrogen and oxygen atoms in total. The summed E-state index contributed by atoms with van der Waals surface area (Å²) in [5.41, 5.74) is 7.24. The van der Waals surface area contributed by atoms with Crippen molar-refractivity contribution in [1.82, 2.24) is 4.98 Å². The summed E-state index contributed by atoms with van der Waals surface area (Å²) in [5, 5.41) is 7.50. The molecule has 1 aromatic carbocycles. The first kappa shape index (κ1) is 12.8. The van der Waals surface area contributed by atoms with Crippen molar-refractivity contribution in [3.05, 3.63) is 53.9 Å². The Kier molecular flexibility index (Phi) is 3.87. The number of ether oxygens (including phenoxy) is 1. The molecular weight excluding hydrogens is 242 g/mol. The van der Waals surface area contributed by atoms with Crippen molar-refractivity contribution in [1.29, 1.82) is 5.41 Å². The molecule has 96 valence electrons. The van der Waals surface area contributed by atoms with Gasteiger partial charge in [0.2, 0.25) is 0 Å². The largest absolute Gasteiger partial charge is 0.489 e. The Morgan fingerprint density at radius 3 is 2.95 bits per heavy atom. The van der Waals surface area contributed by atoms with Gasteiger partial charge in [-0.1, -0.05) is 6.07 Å². The van der Waals surface area contributed by atoms with Gasteiger partial charge in [-0.2, -0.15) is 0 Å². The molecule has 0 amide bonds. The predicted molar refractivity (Wildman–Crippen MR) is 72.3 cm³/mol. The SMILES string of the molecule is N=C(C=O)c1cc(OCc2cccnc2)ccc1N. The number of aldehydes is 1. The van der Waals surface area contributed by atoms with Crippen LogP contribution in [0.15, 0.2) is 42.7 Å². The minimum Gasteiger partial charge on any atom is -0.489 e. The van der Waals surface area contributed by atoms with E-state index in [1.807, 2.05) is 12.1 Å². The maximum atomic E-state index is 10.6. The van der Waals surface area contributed by atoms with Gasteiger partial charge in [-0.25, -0.2) is 0 Å². The molecule has 0 spiro atoms. The molecule has 0 unspecified atom stereocenters. The first-order valence-corrected chi connectivity index (χ1v) is 5.66. The fraction of sp³-hybridized carbons (Fsp3) is 0.0714. The quantitative estimate of drug-likeness (QED) is 0.484. The number of aromatic nitrogens is 1. The topological polar surface area (TPSA) is 89.1 Å². The van der Waals surface area contributed by atoms with Gasteiger partial charge in [-0.15, -0.1) is 0 Å². The number of nitrogens with zero attached hydrogens (tertiary/aromatic N) is 1. The number of nitrogens with one attached hydrogen (secondary N) is 1. The molecule has 0 bridgehead atoms. The number of pyridine rings is 1. The molecule has 0 saturated heterocycles. The van der Waals surface area contributed by atoms with E-state index in [0.717, 1.165) is 5.56 Å². The lowest BCUT2D eigenvalue weighted by Gasteiger charge is -2.09. The zero-order valence-electron chi connectivity index (χ0n) is 10.2. The molecule has 2 aromatic rings. The molecule has 3 N–H and O–H groups in total. The highest BCUT2D eigenvalue weighted by molar-refractivity contribution is 6.36. The second-order valence-electron chi connectivity index (χ2n) is 3.93. The standard InChI is InChI=1S/C14H13N3O2/c15-13-4-3-11(6-12(13)14(16)8-18)19-9-10-2-1-5-17-7-10/h1-8,16H,9,15H2. The van der Waals surface area contributed by atoms with E-state index in [1.165, 1.54) is 0 Å². The van der Waals surface area contributed by atoms with Gasteiger partial charge in [0.05, 0.1) is 0 Å². The van der Waals surface area contributed by atoms with Crippen molar-refractivity contribution in [2.45, 2.75) is 6.61 Å². The number of carbonyl (C=O) groups excluding carboxylic acids is 1. The van der Waals surface area contributed by atoms with E-state index in [4.69, 9.17) is 15.9 Å². The summed E-state index contributed by atoms with van der Waals surface area (Å²) in [5.74, 6) is 0.555. The third-order valence-electron chi connectivity index (χ3n) is 2.56. The smallest absolute Gasteiger partial charge is 0.168 e. The molecule has 1 heterocycles. The van der Waals surface area contributed by atoms with Crippen molar-refractivity contribution < 1.29 is 9.53 Å². The summed E-state index contributed by atoms with van der Waals surface area (Å²) in [6, 6.07) is 8.63. The summed E-state index contributed by atoms with van der Waals surface area (Å²) in [7, 11) is 0. The van der Waals surface area contributed by atoms with E-state index >= 15 is 0 Å². The average molecular weight is 255 g/mol. The lowest BCUT2D eigenvalue weighted by atomic mass is 10.1. The highest BCUT2D eigenvalue weighted by atomic mass is 16.5. The molecule has 0 atom stereocenters. The second-order valence-corrected chi connectivity index (χ2v) is 3.93. The van der Waals surface area contributed by atoms with E-state index in [2.05, 4.69) is 4.98 Å². The average Bonchev–Trinajstić information content (AvgIpc) is 2.46. The number of nitrogen functional groups attached to an aromatic ring is 1. The molecule has 0 aliphatic heterocycles. The van der Waals surface area contributed by atoms with Crippen LogP contribution in [0.5, 0.6) is 5.75 Å². The van der Waals surface area contributed by atoms with E-state index in [1.54, 1.807) is 30.6 Å². The molecule has 19 heavy (non-hydrogen) atoms. The Hall–Kier alpha value is -2.69.